The van der Waals surface area contributed by atoms with Crippen molar-refractivity contribution in [1.82, 2.24) is 14.1 Å². The van der Waals surface area contributed by atoms with Gasteiger partial charge in [-0.25, -0.2) is 4.79 Å². The first-order chi connectivity index (χ1) is 12.1. The third-order valence-corrected chi connectivity index (χ3v) is 4.39. The SMILES string of the molecule is Cn1ccc2cccc(-c3cccc(Cn4ccc(=O)[nH]c4=O)c3)c21. The molecule has 0 fully saturated rings. The normalized spacial score (nSPS) is 11.1. The van der Waals surface area contributed by atoms with Crippen LogP contribution < -0.4 is 11.2 Å². The molecule has 0 aliphatic heterocycles. The number of nitrogens with zero attached hydrogens (tertiary/aromatic N) is 2. The van der Waals surface area contributed by atoms with Crippen molar-refractivity contribution in [2.45, 2.75) is 6.54 Å². The topological polar surface area (TPSA) is 59.8 Å². The zero-order chi connectivity index (χ0) is 17.4. The lowest BCUT2D eigenvalue weighted by atomic mass is 10.0. The number of para-hydroxylation sites is 1. The van der Waals surface area contributed by atoms with E-state index >= 15 is 0 Å². The summed E-state index contributed by atoms with van der Waals surface area (Å²) in [6.07, 6.45) is 3.57. The Balaban J connectivity index is 1.78. The molecule has 0 amide bonds. The van der Waals surface area contributed by atoms with Crippen LogP contribution in [0.2, 0.25) is 0 Å². The molecule has 4 aromatic rings. The Bertz CT molecular complexity index is 1180. The minimum absolute atomic E-state index is 0.384. The van der Waals surface area contributed by atoms with Crippen molar-refractivity contribution in [2.24, 2.45) is 7.05 Å². The summed E-state index contributed by atoms with van der Waals surface area (Å²) in [7, 11) is 2.04. The molecule has 0 spiro atoms. The van der Waals surface area contributed by atoms with Gasteiger partial charge in [0, 0.05) is 36.5 Å². The van der Waals surface area contributed by atoms with Crippen LogP contribution in [-0.4, -0.2) is 14.1 Å². The highest BCUT2D eigenvalue weighted by atomic mass is 16.2. The van der Waals surface area contributed by atoms with Gasteiger partial charge in [0.2, 0.25) is 0 Å². The van der Waals surface area contributed by atoms with Crippen LogP contribution in [0.3, 0.4) is 0 Å². The largest absolute Gasteiger partial charge is 0.350 e. The number of nitrogens with one attached hydrogen (secondary N) is 1. The van der Waals surface area contributed by atoms with E-state index < -0.39 is 5.69 Å². The summed E-state index contributed by atoms with van der Waals surface area (Å²) in [4.78, 5) is 25.4. The summed E-state index contributed by atoms with van der Waals surface area (Å²) in [5, 5.41) is 1.20. The van der Waals surface area contributed by atoms with E-state index in [0.29, 0.717) is 6.54 Å². The molecule has 0 aliphatic rings. The number of aryl methyl sites for hydroxylation is 1. The molecule has 5 heteroatoms. The van der Waals surface area contributed by atoms with Gasteiger partial charge < -0.3 is 4.57 Å². The summed E-state index contributed by atoms with van der Waals surface area (Å²) in [6.45, 7) is 0.409. The Morgan fingerprint density at radius 1 is 0.960 bits per heavy atom. The van der Waals surface area contributed by atoms with Gasteiger partial charge in [-0.2, -0.15) is 0 Å². The first-order valence-corrected chi connectivity index (χ1v) is 8.05. The average molecular weight is 331 g/mol. The first kappa shape index (κ1) is 15.2. The van der Waals surface area contributed by atoms with Gasteiger partial charge in [0.15, 0.2) is 0 Å². The Kier molecular flexibility index (Phi) is 3.61. The maximum Gasteiger partial charge on any atom is 0.328 e. The molecule has 2 heterocycles. The number of benzene rings is 2. The first-order valence-electron chi connectivity index (χ1n) is 8.05. The van der Waals surface area contributed by atoms with Gasteiger partial charge in [0.25, 0.3) is 5.56 Å². The molecule has 2 aromatic carbocycles. The second-order valence-electron chi connectivity index (χ2n) is 6.11. The number of rotatable bonds is 3. The van der Waals surface area contributed by atoms with Crippen LogP contribution in [0.5, 0.6) is 0 Å². The molecule has 2 aromatic heterocycles. The van der Waals surface area contributed by atoms with Gasteiger partial charge in [-0.15, -0.1) is 0 Å². The van der Waals surface area contributed by atoms with Crippen LogP contribution in [0.25, 0.3) is 22.0 Å². The monoisotopic (exact) mass is 331 g/mol. The van der Waals surface area contributed by atoms with Gasteiger partial charge in [0.05, 0.1) is 12.1 Å². The van der Waals surface area contributed by atoms with E-state index in [1.165, 1.54) is 27.7 Å². The smallest absolute Gasteiger partial charge is 0.328 e. The zero-order valence-corrected chi connectivity index (χ0v) is 13.8. The lowest BCUT2D eigenvalue weighted by Gasteiger charge is -2.10. The van der Waals surface area contributed by atoms with E-state index in [1.54, 1.807) is 0 Å². The Morgan fingerprint density at radius 2 is 1.80 bits per heavy atom. The van der Waals surface area contributed by atoms with Gasteiger partial charge >= 0.3 is 5.69 Å². The Hall–Kier alpha value is -3.34. The number of hydrogen-bond donors (Lipinski definition) is 1. The van der Waals surface area contributed by atoms with Gasteiger partial charge in [-0.05, 0) is 23.3 Å². The highest BCUT2D eigenvalue weighted by Gasteiger charge is 2.08. The molecule has 124 valence electrons. The highest BCUT2D eigenvalue weighted by molar-refractivity contribution is 5.94. The van der Waals surface area contributed by atoms with Crippen LogP contribution in [0.1, 0.15) is 5.56 Å². The second kappa shape index (κ2) is 5.94. The van der Waals surface area contributed by atoms with E-state index in [1.807, 2.05) is 19.2 Å². The fraction of sp³-hybridized carbons (Fsp3) is 0.100. The molecule has 0 atom stereocenters. The number of H-pyrrole nitrogens is 1. The highest BCUT2D eigenvalue weighted by Crippen LogP contribution is 2.29. The van der Waals surface area contributed by atoms with Crippen molar-refractivity contribution < 1.29 is 0 Å². The minimum atomic E-state index is -0.401. The summed E-state index contributed by atoms with van der Waals surface area (Å²) in [5.74, 6) is 0. The summed E-state index contributed by atoms with van der Waals surface area (Å²) in [5.41, 5.74) is 3.65. The summed E-state index contributed by atoms with van der Waals surface area (Å²) in [6, 6.07) is 17.8. The van der Waals surface area contributed by atoms with Crippen LogP contribution in [0.15, 0.2) is 76.6 Å². The third kappa shape index (κ3) is 2.80. The fourth-order valence-corrected chi connectivity index (χ4v) is 3.19. The van der Waals surface area contributed by atoms with Crippen molar-refractivity contribution >= 4 is 10.9 Å². The second-order valence-corrected chi connectivity index (χ2v) is 6.11. The number of hydrogen-bond acceptors (Lipinski definition) is 2. The van der Waals surface area contributed by atoms with Crippen LogP contribution in [-0.2, 0) is 13.6 Å². The van der Waals surface area contributed by atoms with E-state index in [9.17, 15) is 9.59 Å². The molecule has 0 radical (unpaired) electrons. The quantitative estimate of drug-likeness (QED) is 0.627. The van der Waals surface area contributed by atoms with Crippen molar-refractivity contribution in [3.8, 4) is 11.1 Å². The van der Waals surface area contributed by atoms with Crippen molar-refractivity contribution in [3.05, 3.63) is 93.4 Å². The van der Waals surface area contributed by atoms with Crippen molar-refractivity contribution in [2.75, 3.05) is 0 Å². The van der Waals surface area contributed by atoms with E-state index in [0.717, 1.165) is 16.7 Å². The maximum absolute atomic E-state index is 11.9. The van der Waals surface area contributed by atoms with Crippen molar-refractivity contribution in [1.29, 1.82) is 0 Å². The standard InChI is InChI=1S/C20H17N3O2/c1-22-10-8-15-5-3-7-17(19(15)22)16-6-2-4-14(12-16)13-23-11-9-18(24)21-20(23)25/h2-12H,13H2,1H3,(H,21,24,25). The number of aromatic nitrogens is 3. The summed E-state index contributed by atoms with van der Waals surface area (Å²) >= 11 is 0. The van der Waals surface area contributed by atoms with Gasteiger partial charge in [-0.3, -0.25) is 14.3 Å². The molecule has 25 heavy (non-hydrogen) atoms. The van der Waals surface area contributed by atoms with Crippen LogP contribution >= 0.6 is 0 Å². The van der Waals surface area contributed by atoms with E-state index in [4.69, 9.17) is 0 Å². The lowest BCUT2D eigenvalue weighted by molar-refractivity contribution is 0.720. The molecule has 5 nitrogen and oxygen atoms in total. The molecule has 0 aliphatic carbocycles. The molecule has 0 saturated heterocycles. The van der Waals surface area contributed by atoms with E-state index in [2.05, 4.69) is 52.1 Å². The Morgan fingerprint density at radius 3 is 2.64 bits per heavy atom. The predicted molar refractivity (Wildman–Crippen MR) is 98.8 cm³/mol. The van der Waals surface area contributed by atoms with Crippen molar-refractivity contribution in [3.63, 3.8) is 0 Å². The van der Waals surface area contributed by atoms with Crippen LogP contribution in [0.4, 0.5) is 0 Å². The van der Waals surface area contributed by atoms with Gasteiger partial charge in [-0.1, -0.05) is 36.4 Å². The Labute approximate surface area is 143 Å². The maximum atomic E-state index is 11.9. The third-order valence-electron chi connectivity index (χ3n) is 4.39. The number of fused-ring (bicyclic) bond motifs is 1. The zero-order valence-electron chi connectivity index (χ0n) is 13.8. The molecular weight excluding hydrogens is 314 g/mol. The predicted octanol–water partition coefficient (Wildman–Crippen LogP) is 2.74. The lowest BCUT2D eigenvalue weighted by Crippen LogP contribution is -2.28. The minimum Gasteiger partial charge on any atom is -0.350 e. The molecule has 0 bridgehead atoms. The van der Waals surface area contributed by atoms with E-state index in [-0.39, 0.29) is 5.56 Å². The van der Waals surface area contributed by atoms with Gasteiger partial charge in [0.1, 0.15) is 0 Å². The average Bonchev–Trinajstić information content (AvgIpc) is 2.99. The molecule has 0 saturated carbocycles. The molecule has 4 rings (SSSR count). The number of aromatic amines is 1. The van der Waals surface area contributed by atoms with Crippen LogP contribution in [0, 0.1) is 0 Å². The molecule has 1 N–H and O–H groups in total. The molecule has 0 unspecified atom stereocenters. The molecular formula is C20H17N3O2. The fourth-order valence-electron chi connectivity index (χ4n) is 3.19. The summed E-state index contributed by atoms with van der Waals surface area (Å²) < 4.78 is 3.60.